The summed E-state index contributed by atoms with van der Waals surface area (Å²) in [4.78, 5) is 14.1. The monoisotopic (exact) mass is 729 g/mol. The van der Waals surface area contributed by atoms with Crippen molar-refractivity contribution in [1.29, 1.82) is 0 Å². The first-order valence-electron chi connectivity index (χ1n) is 20.2. The maximum absolute atomic E-state index is 14.1. The molecule has 0 amide bonds. The maximum Gasteiger partial charge on any atom is 0.172 e. The van der Waals surface area contributed by atoms with E-state index in [1.165, 1.54) is 0 Å². The van der Waals surface area contributed by atoms with Gasteiger partial charge in [-0.05, 0) is 62.0 Å². The van der Waals surface area contributed by atoms with Gasteiger partial charge in [-0.2, -0.15) is 0 Å². The number of hydrogen-bond donors (Lipinski definition) is 2. The highest BCUT2D eigenvalue weighted by molar-refractivity contribution is 5.79. The molecule has 10 aliphatic rings. The predicted molar refractivity (Wildman–Crippen MR) is 186 cm³/mol. The first kappa shape index (κ1) is 36.4. The normalized spacial score (nSPS) is 52.4. The quantitative estimate of drug-likeness (QED) is 0.409. The molecule has 52 heavy (non-hydrogen) atoms. The van der Waals surface area contributed by atoms with Crippen molar-refractivity contribution in [1.82, 2.24) is 0 Å². The summed E-state index contributed by atoms with van der Waals surface area (Å²) >= 11 is 0. The lowest BCUT2D eigenvalue weighted by molar-refractivity contribution is -0.292. The van der Waals surface area contributed by atoms with Crippen molar-refractivity contribution in [3.05, 3.63) is 24.3 Å². The molecule has 290 valence electrons. The predicted octanol–water partition coefficient (Wildman–Crippen LogP) is 3.44. The van der Waals surface area contributed by atoms with Crippen LogP contribution >= 0.6 is 0 Å². The third-order valence-corrected chi connectivity index (χ3v) is 14.0. The van der Waals surface area contributed by atoms with Crippen LogP contribution in [0.3, 0.4) is 0 Å². The summed E-state index contributed by atoms with van der Waals surface area (Å²) in [6, 6.07) is 0. The SMILES string of the molecule is C=C1C[C@@H]2CC[C@@]34C[C@H]5OC6[C@@H](O[C@H]7CC[C@H](CC(=O)C[C@@H]8[C@@H](OC)[C@@H](C[C@H](O)CN)O[C@H]8C[C@H]8O[C@@H](CC[C@@H]1O2)C[C@@H](C)C8=C)O[C@@H]7[C@@H]6O3)[C@H]5O4. The Morgan fingerprint density at radius 2 is 1.56 bits per heavy atom. The zero-order valence-electron chi connectivity index (χ0n) is 30.8. The molecule has 0 aliphatic carbocycles. The molecule has 12 nitrogen and oxygen atoms in total. The number of aliphatic hydroxyl groups is 1. The van der Waals surface area contributed by atoms with Crippen LogP contribution in [0.15, 0.2) is 24.3 Å². The summed E-state index contributed by atoms with van der Waals surface area (Å²) in [5.41, 5.74) is 8.01. The van der Waals surface area contributed by atoms with Gasteiger partial charge in [-0.25, -0.2) is 0 Å². The second kappa shape index (κ2) is 14.3. The first-order valence-corrected chi connectivity index (χ1v) is 20.2. The van der Waals surface area contributed by atoms with E-state index >= 15 is 0 Å². The molecule has 0 aromatic carbocycles. The van der Waals surface area contributed by atoms with E-state index in [0.29, 0.717) is 25.7 Å². The van der Waals surface area contributed by atoms with Crippen molar-refractivity contribution in [3.63, 3.8) is 0 Å². The number of fused-ring (bicyclic) bond motifs is 6. The number of carbonyl (C=O) groups excluding carboxylic acids is 1. The highest BCUT2D eigenvalue weighted by Gasteiger charge is 2.68. The third-order valence-electron chi connectivity index (χ3n) is 14.0. The van der Waals surface area contributed by atoms with E-state index < -0.39 is 18.0 Å². The molecule has 0 saturated carbocycles. The Balaban J connectivity index is 0.994. The van der Waals surface area contributed by atoms with Crippen LogP contribution < -0.4 is 5.73 Å². The molecule has 1 unspecified atom stereocenters. The van der Waals surface area contributed by atoms with Crippen LogP contribution in [0.4, 0.5) is 0 Å². The van der Waals surface area contributed by atoms with Crippen LogP contribution in [-0.4, -0.2) is 128 Å². The molecule has 12 bridgehead atoms. The number of hydrogen-bond acceptors (Lipinski definition) is 12. The van der Waals surface area contributed by atoms with Gasteiger partial charge in [0.15, 0.2) is 5.79 Å². The molecule has 3 N–H and O–H groups in total. The fourth-order valence-electron chi connectivity index (χ4n) is 11.3. The van der Waals surface area contributed by atoms with Crippen molar-refractivity contribution < 1.29 is 52.5 Å². The summed E-state index contributed by atoms with van der Waals surface area (Å²) in [6.07, 6.45) is 4.85. The Kier molecular flexibility index (Phi) is 10.0. The average molecular weight is 730 g/mol. The lowest BCUT2D eigenvalue weighted by Gasteiger charge is -2.47. The van der Waals surface area contributed by atoms with E-state index in [2.05, 4.69) is 20.1 Å². The van der Waals surface area contributed by atoms with Crippen molar-refractivity contribution in [2.45, 2.75) is 194 Å². The fraction of sp³-hybridized carbons (Fsp3) is 0.875. The minimum atomic E-state index is -0.780. The minimum Gasteiger partial charge on any atom is -0.392 e. The first-order chi connectivity index (χ1) is 25.1. The Hall–Kier alpha value is -1.29. The van der Waals surface area contributed by atoms with Crippen LogP contribution in [-0.2, 0) is 47.4 Å². The average Bonchev–Trinajstić information content (AvgIpc) is 3.79. The fourth-order valence-corrected chi connectivity index (χ4v) is 11.3. The third kappa shape index (κ3) is 6.59. The van der Waals surface area contributed by atoms with E-state index in [1.807, 2.05) is 0 Å². The standard InChI is InChI=1S/C40H59NO11/c1-19-11-24-5-7-28-20(2)12-26(45-28)9-10-40-17-33-36(51-40)37-38(50-33)39(52-40)35-29(49-37)8-6-25(47-35)13-22(42)14-27-31(16-30(46-24)21(19)3)48-32(34(27)44-4)15-23(43)18-41/h19,23-39,43H,2-3,5-18,41H2,1,4H3/t19-,23+,24+,25-,26+,27+,28+,29+,30-,31+,32-,33-,34-,35+,36+,37+,38?,39+,40+/m1/s1. The van der Waals surface area contributed by atoms with Gasteiger partial charge in [0.2, 0.25) is 0 Å². The van der Waals surface area contributed by atoms with E-state index in [0.717, 1.165) is 56.1 Å². The summed E-state index contributed by atoms with van der Waals surface area (Å²) in [7, 11) is 1.66. The number of nitrogens with two attached hydrogens (primary N) is 1. The molecule has 0 radical (unpaired) electrons. The zero-order chi connectivity index (χ0) is 35.9. The summed E-state index contributed by atoms with van der Waals surface area (Å²) < 4.78 is 60.0. The highest BCUT2D eigenvalue weighted by Crippen LogP contribution is 2.54. The molecule has 10 aliphatic heterocycles. The number of ketones is 1. The zero-order valence-corrected chi connectivity index (χ0v) is 30.8. The number of ether oxygens (including phenoxy) is 9. The summed E-state index contributed by atoms with van der Waals surface area (Å²) in [6.45, 7) is 11.3. The topological polar surface area (TPSA) is 146 Å². The van der Waals surface area contributed by atoms with Crippen LogP contribution in [0, 0.1) is 11.8 Å². The molecule has 0 aromatic heterocycles. The number of methoxy groups -OCH3 is 1. The van der Waals surface area contributed by atoms with E-state index in [1.54, 1.807) is 7.11 Å². The minimum absolute atomic E-state index is 0.0158. The Labute approximate surface area is 307 Å². The number of Topliss-reactive ketones (excluding diaryl/α,β-unsaturated/α-hetero) is 1. The molecule has 10 saturated heterocycles. The Morgan fingerprint density at radius 3 is 2.38 bits per heavy atom. The molecule has 1 spiro atoms. The van der Waals surface area contributed by atoms with Gasteiger partial charge in [0, 0.05) is 58.1 Å². The van der Waals surface area contributed by atoms with Gasteiger partial charge in [-0.15, -0.1) is 0 Å². The second-order valence-corrected chi connectivity index (χ2v) is 17.4. The maximum atomic E-state index is 14.1. The van der Waals surface area contributed by atoms with Gasteiger partial charge in [0.05, 0.1) is 67.1 Å². The van der Waals surface area contributed by atoms with Crippen LogP contribution in [0.1, 0.15) is 90.4 Å². The van der Waals surface area contributed by atoms with Crippen molar-refractivity contribution in [3.8, 4) is 0 Å². The molecular weight excluding hydrogens is 670 g/mol. The van der Waals surface area contributed by atoms with Gasteiger partial charge in [-0.3, -0.25) is 4.79 Å². The van der Waals surface area contributed by atoms with Crippen LogP contribution in [0.25, 0.3) is 0 Å². The molecule has 12 heteroatoms. The summed E-state index contributed by atoms with van der Waals surface area (Å²) in [5, 5.41) is 10.5. The molecular formula is C40H59NO11. The number of carbonyl (C=O) groups is 1. The largest absolute Gasteiger partial charge is 0.392 e. The Morgan fingerprint density at radius 1 is 0.808 bits per heavy atom. The highest BCUT2D eigenvalue weighted by atomic mass is 16.8. The smallest absolute Gasteiger partial charge is 0.172 e. The molecule has 10 heterocycles. The van der Waals surface area contributed by atoms with Crippen molar-refractivity contribution in [2.75, 3.05) is 13.7 Å². The molecule has 10 rings (SSSR count). The van der Waals surface area contributed by atoms with Crippen molar-refractivity contribution in [2.24, 2.45) is 17.6 Å². The Bertz CT molecular complexity index is 1380. The molecule has 10 fully saturated rings. The van der Waals surface area contributed by atoms with Gasteiger partial charge in [0.1, 0.15) is 36.3 Å². The lowest BCUT2D eigenvalue weighted by atomic mass is 9.81. The van der Waals surface area contributed by atoms with Gasteiger partial charge in [-0.1, -0.05) is 20.1 Å². The van der Waals surface area contributed by atoms with Gasteiger partial charge < -0.3 is 53.5 Å². The van der Waals surface area contributed by atoms with E-state index in [9.17, 15) is 9.90 Å². The van der Waals surface area contributed by atoms with E-state index in [4.69, 9.17) is 48.4 Å². The van der Waals surface area contributed by atoms with Crippen LogP contribution in [0.2, 0.25) is 0 Å². The number of aliphatic hydroxyl groups excluding tert-OH is 1. The molecule has 19 atom stereocenters. The lowest BCUT2D eigenvalue weighted by Crippen LogP contribution is -2.61. The van der Waals surface area contributed by atoms with Crippen molar-refractivity contribution >= 4 is 5.78 Å². The number of rotatable bonds is 4. The second-order valence-electron chi connectivity index (χ2n) is 17.4. The van der Waals surface area contributed by atoms with E-state index in [-0.39, 0.29) is 122 Å². The van der Waals surface area contributed by atoms with Gasteiger partial charge in [0.25, 0.3) is 0 Å². The molecule has 0 aromatic rings. The van der Waals surface area contributed by atoms with Crippen LogP contribution in [0.5, 0.6) is 0 Å². The van der Waals surface area contributed by atoms with Gasteiger partial charge >= 0.3 is 0 Å². The summed E-state index contributed by atoms with van der Waals surface area (Å²) in [5.74, 6) is -0.619.